The summed E-state index contributed by atoms with van der Waals surface area (Å²) in [6, 6.07) is 1.97. The number of nitrogens with one attached hydrogen (secondary N) is 1. The van der Waals surface area contributed by atoms with Crippen LogP contribution in [-0.4, -0.2) is 35.6 Å². The largest absolute Gasteiger partial charge is 0.356 e. The third-order valence-corrected chi connectivity index (χ3v) is 3.36. The van der Waals surface area contributed by atoms with Crippen LogP contribution >= 0.6 is 0 Å². The number of piperidine rings is 1. The molecule has 0 amide bonds. The summed E-state index contributed by atoms with van der Waals surface area (Å²) >= 11 is 0. The van der Waals surface area contributed by atoms with E-state index in [9.17, 15) is 0 Å². The predicted molar refractivity (Wildman–Crippen MR) is 60.9 cm³/mol. The van der Waals surface area contributed by atoms with E-state index < -0.39 is 0 Å². The number of hydrogen-bond donors (Lipinski definition) is 1. The van der Waals surface area contributed by atoms with Crippen molar-refractivity contribution in [2.45, 2.75) is 25.3 Å². The van der Waals surface area contributed by atoms with Crippen molar-refractivity contribution in [3.63, 3.8) is 0 Å². The minimum atomic E-state index is 0.295. The number of aromatic nitrogens is 2. The average molecular weight is 206 g/mol. The van der Waals surface area contributed by atoms with E-state index >= 15 is 0 Å². The second-order valence-electron chi connectivity index (χ2n) is 4.37. The molecule has 0 aliphatic carbocycles. The van der Waals surface area contributed by atoms with Crippen LogP contribution in [0, 0.1) is 0 Å². The smallest absolute Gasteiger partial charge is 0.131 e. The molecule has 4 heteroatoms. The Balaban J connectivity index is 2.00. The Labute approximate surface area is 90.7 Å². The SMILES string of the molecule is CNC1(C)CCN(c2ccncn2)CC1. The van der Waals surface area contributed by atoms with Crippen molar-refractivity contribution in [2.24, 2.45) is 0 Å². The molecule has 1 N–H and O–H groups in total. The van der Waals surface area contributed by atoms with Crippen molar-refractivity contribution < 1.29 is 0 Å². The Bertz CT molecular complexity index is 304. The Morgan fingerprint density at radius 1 is 1.40 bits per heavy atom. The van der Waals surface area contributed by atoms with E-state index in [4.69, 9.17) is 0 Å². The van der Waals surface area contributed by atoms with Gasteiger partial charge in [-0.15, -0.1) is 0 Å². The molecule has 0 bridgehead atoms. The molecular formula is C11H18N4. The Morgan fingerprint density at radius 3 is 2.67 bits per heavy atom. The number of rotatable bonds is 2. The molecule has 1 aliphatic rings. The molecule has 0 spiro atoms. The van der Waals surface area contributed by atoms with Gasteiger partial charge in [0.2, 0.25) is 0 Å². The molecule has 2 rings (SSSR count). The van der Waals surface area contributed by atoms with Crippen molar-refractivity contribution in [3.05, 3.63) is 18.6 Å². The zero-order chi connectivity index (χ0) is 10.7. The first-order valence-electron chi connectivity index (χ1n) is 5.43. The Morgan fingerprint density at radius 2 is 2.13 bits per heavy atom. The van der Waals surface area contributed by atoms with Gasteiger partial charge in [0, 0.05) is 24.8 Å². The average Bonchev–Trinajstić information content (AvgIpc) is 2.31. The molecule has 0 radical (unpaired) electrons. The van der Waals surface area contributed by atoms with Gasteiger partial charge < -0.3 is 10.2 Å². The third-order valence-electron chi connectivity index (χ3n) is 3.36. The molecule has 1 aromatic heterocycles. The topological polar surface area (TPSA) is 41.0 Å². The van der Waals surface area contributed by atoms with E-state index in [1.54, 1.807) is 12.5 Å². The second kappa shape index (κ2) is 4.14. The maximum atomic E-state index is 4.27. The van der Waals surface area contributed by atoms with Crippen molar-refractivity contribution >= 4 is 5.82 Å². The van der Waals surface area contributed by atoms with Crippen LogP contribution in [0.5, 0.6) is 0 Å². The lowest BCUT2D eigenvalue weighted by Crippen LogP contribution is -2.50. The van der Waals surface area contributed by atoms with Crippen LogP contribution in [0.4, 0.5) is 5.82 Å². The van der Waals surface area contributed by atoms with Gasteiger partial charge in [0.15, 0.2) is 0 Å². The van der Waals surface area contributed by atoms with Crippen molar-refractivity contribution in [1.82, 2.24) is 15.3 Å². The van der Waals surface area contributed by atoms with E-state index in [0.29, 0.717) is 5.54 Å². The highest BCUT2D eigenvalue weighted by Crippen LogP contribution is 2.23. The Kier molecular flexibility index (Phi) is 2.86. The molecule has 0 saturated carbocycles. The van der Waals surface area contributed by atoms with Gasteiger partial charge in [0.05, 0.1) is 0 Å². The lowest BCUT2D eigenvalue weighted by molar-refractivity contribution is 0.304. The summed E-state index contributed by atoms with van der Waals surface area (Å²) < 4.78 is 0. The van der Waals surface area contributed by atoms with Crippen molar-refractivity contribution in [1.29, 1.82) is 0 Å². The predicted octanol–water partition coefficient (Wildman–Crippen LogP) is 1.05. The van der Waals surface area contributed by atoms with E-state index in [2.05, 4.69) is 27.1 Å². The fourth-order valence-electron chi connectivity index (χ4n) is 1.95. The molecule has 1 fully saturated rings. The summed E-state index contributed by atoms with van der Waals surface area (Å²) in [4.78, 5) is 10.5. The normalized spacial score (nSPS) is 20.3. The summed E-state index contributed by atoms with van der Waals surface area (Å²) in [5, 5.41) is 3.39. The fraction of sp³-hybridized carbons (Fsp3) is 0.636. The quantitative estimate of drug-likeness (QED) is 0.785. The zero-order valence-electron chi connectivity index (χ0n) is 9.40. The van der Waals surface area contributed by atoms with Crippen LogP contribution < -0.4 is 10.2 Å². The third kappa shape index (κ3) is 2.26. The molecular weight excluding hydrogens is 188 g/mol. The molecule has 0 aromatic carbocycles. The van der Waals surface area contributed by atoms with Gasteiger partial charge in [-0.05, 0) is 32.9 Å². The molecule has 82 valence electrons. The standard InChI is InChI=1S/C11H18N4/c1-11(12-2)4-7-15(8-5-11)10-3-6-13-9-14-10/h3,6,9,12H,4-5,7-8H2,1-2H3. The summed E-state index contributed by atoms with van der Waals surface area (Å²) in [6.07, 6.45) is 5.73. The maximum absolute atomic E-state index is 4.27. The van der Waals surface area contributed by atoms with Crippen LogP contribution in [0.1, 0.15) is 19.8 Å². The summed E-state index contributed by atoms with van der Waals surface area (Å²) in [5.74, 6) is 1.04. The van der Waals surface area contributed by atoms with Crippen LogP contribution in [-0.2, 0) is 0 Å². The first-order chi connectivity index (χ1) is 7.23. The van der Waals surface area contributed by atoms with Gasteiger partial charge in [-0.25, -0.2) is 9.97 Å². The van der Waals surface area contributed by atoms with Crippen molar-refractivity contribution in [2.75, 3.05) is 25.0 Å². The van der Waals surface area contributed by atoms with E-state index in [0.717, 1.165) is 31.7 Å². The first-order valence-corrected chi connectivity index (χ1v) is 5.43. The molecule has 4 nitrogen and oxygen atoms in total. The van der Waals surface area contributed by atoms with Crippen LogP contribution in [0.25, 0.3) is 0 Å². The highest BCUT2D eigenvalue weighted by molar-refractivity contribution is 5.37. The molecule has 1 saturated heterocycles. The van der Waals surface area contributed by atoms with Gasteiger partial charge in [0.25, 0.3) is 0 Å². The maximum Gasteiger partial charge on any atom is 0.131 e. The highest BCUT2D eigenvalue weighted by atomic mass is 15.2. The van der Waals surface area contributed by atoms with Gasteiger partial charge in [0.1, 0.15) is 12.1 Å². The first kappa shape index (κ1) is 10.4. The van der Waals surface area contributed by atoms with E-state index in [-0.39, 0.29) is 0 Å². The summed E-state index contributed by atoms with van der Waals surface area (Å²) in [6.45, 7) is 4.41. The monoisotopic (exact) mass is 206 g/mol. The van der Waals surface area contributed by atoms with Gasteiger partial charge in [-0.1, -0.05) is 0 Å². The van der Waals surface area contributed by atoms with Crippen molar-refractivity contribution in [3.8, 4) is 0 Å². The minimum Gasteiger partial charge on any atom is -0.356 e. The van der Waals surface area contributed by atoms with Crippen LogP contribution in [0.3, 0.4) is 0 Å². The minimum absolute atomic E-state index is 0.295. The number of nitrogens with zero attached hydrogens (tertiary/aromatic N) is 3. The molecule has 0 unspecified atom stereocenters. The van der Waals surface area contributed by atoms with Gasteiger partial charge in [-0.3, -0.25) is 0 Å². The molecule has 2 heterocycles. The zero-order valence-corrected chi connectivity index (χ0v) is 9.40. The molecule has 1 aromatic rings. The van der Waals surface area contributed by atoms with Gasteiger partial charge in [-0.2, -0.15) is 0 Å². The lowest BCUT2D eigenvalue weighted by atomic mass is 9.90. The molecule has 0 atom stereocenters. The Hall–Kier alpha value is -1.16. The van der Waals surface area contributed by atoms with E-state index in [1.165, 1.54) is 0 Å². The van der Waals surface area contributed by atoms with Crippen LogP contribution in [0.15, 0.2) is 18.6 Å². The highest BCUT2D eigenvalue weighted by Gasteiger charge is 2.28. The summed E-state index contributed by atoms with van der Waals surface area (Å²) in [7, 11) is 2.04. The van der Waals surface area contributed by atoms with Crippen LogP contribution in [0.2, 0.25) is 0 Å². The molecule has 15 heavy (non-hydrogen) atoms. The van der Waals surface area contributed by atoms with E-state index in [1.807, 2.05) is 13.1 Å². The fourth-order valence-corrected chi connectivity index (χ4v) is 1.95. The lowest BCUT2D eigenvalue weighted by Gasteiger charge is -2.39. The van der Waals surface area contributed by atoms with Gasteiger partial charge >= 0.3 is 0 Å². The number of hydrogen-bond acceptors (Lipinski definition) is 4. The number of anilines is 1. The second-order valence-corrected chi connectivity index (χ2v) is 4.37. The summed E-state index contributed by atoms with van der Waals surface area (Å²) in [5.41, 5.74) is 0.295. The molecule has 1 aliphatic heterocycles.